The van der Waals surface area contributed by atoms with Crippen LogP contribution in [0.5, 0.6) is 0 Å². The Morgan fingerprint density at radius 1 is 1.64 bits per heavy atom. The molecule has 1 aromatic rings. The van der Waals surface area contributed by atoms with Gasteiger partial charge in [0, 0.05) is 0 Å². The number of nitrogens with zero attached hydrogens (tertiary/aromatic N) is 2. The topological polar surface area (TPSA) is 56.0 Å². The lowest BCUT2D eigenvalue weighted by atomic mass is 10.3. The van der Waals surface area contributed by atoms with Crippen molar-refractivity contribution in [1.82, 2.24) is 4.98 Å². The molecular weight excluding hydrogens is 285 g/mol. The maximum atomic E-state index is 12.1. The molecule has 0 aliphatic carbocycles. The first-order valence-electron chi connectivity index (χ1n) is 3.22. The van der Waals surface area contributed by atoms with Crippen molar-refractivity contribution in [2.24, 2.45) is 0 Å². The summed E-state index contributed by atoms with van der Waals surface area (Å²) in [6, 6.07) is 0.870. The van der Waals surface area contributed by atoms with Gasteiger partial charge in [-0.2, -0.15) is 0 Å². The van der Waals surface area contributed by atoms with Gasteiger partial charge in [-0.1, -0.05) is 11.6 Å². The predicted molar refractivity (Wildman–Crippen MR) is 48.6 cm³/mol. The summed E-state index contributed by atoms with van der Waals surface area (Å²) in [7, 11) is 0. The summed E-state index contributed by atoms with van der Waals surface area (Å²) in [5, 5.41) is 9.83. The van der Waals surface area contributed by atoms with Gasteiger partial charge in [0.2, 0.25) is 5.15 Å². The summed E-state index contributed by atoms with van der Waals surface area (Å²) in [4.78, 5) is 12.8. The van der Waals surface area contributed by atoms with Gasteiger partial charge in [0.05, 0.1) is 4.92 Å². The summed E-state index contributed by atoms with van der Waals surface area (Å²) in [6.07, 6.45) is -2.82. The average Bonchev–Trinajstić information content (AvgIpc) is 2.01. The maximum Gasteiger partial charge on any atom is 0.320 e. The van der Waals surface area contributed by atoms with E-state index >= 15 is 0 Å². The van der Waals surface area contributed by atoms with E-state index < -0.39 is 27.9 Å². The third kappa shape index (κ3) is 2.16. The van der Waals surface area contributed by atoms with Gasteiger partial charge in [-0.3, -0.25) is 10.1 Å². The van der Waals surface area contributed by atoms with Crippen molar-refractivity contribution in [2.45, 2.75) is 6.43 Å². The first-order valence-corrected chi connectivity index (χ1v) is 4.39. The second kappa shape index (κ2) is 4.14. The zero-order valence-corrected chi connectivity index (χ0v) is 8.72. The highest BCUT2D eigenvalue weighted by Gasteiger charge is 2.22. The molecule has 0 N–H and O–H groups in total. The van der Waals surface area contributed by atoms with E-state index in [0.29, 0.717) is 0 Å². The van der Waals surface area contributed by atoms with E-state index in [9.17, 15) is 18.9 Å². The number of aromatic nitrogens is 1. The third-order valence-electron chi connectivity index (χ3n) is 1.33. The number of rotatable bonds is 2. The molecule has 0 fully saturated rings. The summed E-state index contributed by atoms with van der Waals surface area (Å²) in [5.41, 5.74) is -1.12. The predicted octanol–water partition coefficient (Wildman–Crippen LogP) is 3.34. The summed E-state index contributed by atoms with van der Waals surface area (Å²) >= 11 is 8.13. The van der Waals surface area contributed by atoms with Crippen LogP contribution in [-0.2, 0) is 0 Å². The molecule has 1 rings (SSSR count). The zero-order valence-electron chi connectivity index (χ0n) is 6.38. The van der Waals surface area contributed by atoms with Crippen LogP contribution in [0.25, 0.3) is 0 Å². The minimum atomic E-state index is -2.82. The van der Waals surface area contributed by atoms with E-state index in [2.05, 4.69) is 20.9 Å². The van der Waals surface area contributed by atoms with Crippen molar-refractivity contribution in [3.8, 4) is 0 Å². The minimum Gasteiger partial charge on any atom is -0.258 e. The fourth-order valence-electron chi connectivity index (χ4n) is 0.770. The monoisotopic (exact) mass is 286 g/mol. The van der Waals surface area contributed by atoms with E-state index in [1.54, 1.807) is 0 Å². The molecule has 0 aliphatic heterocycles. The standard InChI is InChI=1S/C6H2BrClF2N2O2/c7-2-1-3(6(9)10)11-5(8)4(2)12(13)14/h1,6H. The molecule has 1 aromatic heterocycles. The number of nitro groups is 1. The Morgan fingerprint density at radius 2 is 2.21 bits per heavy atom. The molecule has 0 saturated heterocycles. The van der Waals surface area contributed by atoms with Crippen LogP contribution in [0.15, 0.2) is 10.5 Å². The average molecular weight is 287 g/mol. The molecule has 1 heterocycles. The zero-order chi connectivity index (χ0) is 10.9. The van der Waals surface area contributed by atoms with E-state index in [1.807, 2.05) is 0 Å². The molecule has 8 heteroatoms. The van der Waals surface area contributed by atoms with Crippen LogP contribution in [0.4, 0.5) is 14.5 Å². The van der Waals surface area contributed by atoms with Crippen molar-refractivity contribution >= 4 is 33.2 Å². The molecule has 0 unspecified atom stereocenters. The molecule has 0 atom stereocenters. The van der Waals surface area contributed by atoms with Crippen molar-refractivity contribution in [1.29, 1.82) is 0 Å². The van der Waals surface area contributed by atoms with Crippen LogP contribution in [0.3, 0.4) is 0 Å². The summed E-state index contributed by atoms with van der Waals surface area (Å²) < 4.78 is 24.2. The number of alkyl halides is 2. The van der Waals surface area contributed by atoms with Gasteiger partial charge < -0.3 is 0 Å². The molecule has 0 aromatic carbocycles. The van der Waals surface area contributed by atoms with Crippen LogP contribution in [0, 0.1) is 10.1 Å². The fourth-order valence-corrected chi connectivity index (χ4v) is 1.72. The van der Waals surface area contributed by atoms with Crippen molar-refractivity contribution in [3.63, 3.8) is 0 Å². The molecular formula is C6H2BrClF2N2O2. The lowest BCUT2D eigenvalue weighted by Crippen LogP contribution is -1.97. The smallest absolute Gasteiger partial charge is 0.258 e. The summed E-state index contributed by atoms with van der Waals surface area (Å²) in [5.74, 6) is 0. The Morgan fingerprint density at radius 3 is 2.57 bits per heavy atom. The van der Waals surface area contributed by atoms with Crippen molar-refractivity contribution < 1.29 is 13.7 Å². The van der Waals surface area contributed by atoms with E-state index in [1.165, 1.54) is 0 Å². The van der Waals surface area contributed by atoms with Gasteiger partial charge in [-0.05, 0) is 22.0 Å². The number of hydrogen-bond acceptors (Lipinski definition) is 3. The lowest BCUT2D eigenvalue weighted by molar-refractivity contribution is -0.385. The van der Waals surface area contributed by atoms with Crippen LogP contribution in [-0.4, -0.2) is 9.91 Å². The third-order valence-corrected chi connectivity index (χ3v) is 2.20. The minimum absolute atomic E-state index is 0.113. The Bertz CT molecular complexity index is 365. The highest BCUT2D eigenvalue weighted by molar-refractivity contribution is 9.10. The second-order valence-corrected chi connectivity index (χ2v) is 3.44. The van der Waals surface area contributed by atoms with E-state index in [0.717, 1.165) is 6.07 Å². The maximum absolute atomic E-state index is 12.1. The number of pyridine rings is 1. The quantitative estimate of drug-likeness (QED) is 0.476. The molecule has 4 nitrogen and oxygen atoms in total. The molecule has 0 radical (unpaired) electrons. The van der Waals surface area contributed by atoms with Crippen LogP contribution >= 0.6 is 27.5 Å². The Kier molecular flexibility index (Phi) is 3.33. The largest absolute Gasteiger partial charge is 0.320 e. The molecule has 76 valence electrons. The Hall–Kier alpha value is -0.820. The first kappa shape index (κ1) is 11.3. The molecule has 0 saturated carbocycles. The molecule has 0 bridgehead atoms. The molecule has 0 spiro atoms. The highest BCUT2D eigenvalue weighted by atomic mass is 79.9. The van der Waals surface area contributed by atoms with Crippen LogP contribution in [0.1, 0.15) is 12.1 Å². The number of hydrogen-bond donors (Lipinski definition) is 0. The van der Waals surface area contributed by atoms with E-state index in [4.69, 9.17) is 11.6 Å². The highest BCUT2D eigenvalue weighted by Crippen LogP contribution is 2.33. The Labute approximate surface area is 90.2 Å². The molecule has 0 aliphatic rings. The van der Waals surface area contributed by atoms with E-state index in [-0.39, 0.29) is 4.47 Å². The van der Waals surface area contributed by atoms with Crippen LogP contribution in [0.2, 0.25) is 5.15 Å². The fraction of sp³-hybridized carbons (Fsp3) is 0.167. The first-order chi connectivity index (χ1) is 6.43. The second-order valence-electron chi connectivity index (χ2n) is 2.23. The normalized spacial score (nSPS) is 10.6. The number of halogens is 4. The van der Waals surface area contributed by atoms with Gasteiger partial charge >= 0.3 is 5.69 Å². The molecule has 14 heavy (non-hydrogen) atoms. The van der Waals surface area contributed by atoms with Crippen molar-refractivity contribution in [3.05, 3.63) is 31.5 Å². The summed E-state index contributed by atoms with van der Waals surface area (Å²) in [6.45, 7) is 0. The molecule has 0 amide bonds. The van der Waals surface area contributed by atoms with Gasteiger partial charge in [-0.15, -0.1) is 0 Å². The van der Waals surface area contributed by atoms with Crippen molar-refractivity contribution in [2.75, 3.05) is 0 Å². The Balaban J connectivity index is 3.32. The van der Waals surface area contributed by atoms with Gasteiger partial charge in [0.1, 0.15) is 10.2 Å². The van der Waals surface area contributed by atoms with Gasteiger partial charge in [0.25, 0.3) is 6.43 Å². The van der Waals surface area contributed by atoms with Gasteiger partial charge in [0.15, 0.2) is 0 Å². The van der Waals surface area contributed by atoms with Crippen LogP contribution < -0.4 is 0 Å². The SMILES string of the molecule is O=[N+]([O-])c1c(Br)cc(C(F)F)nc1Cl. The lowest BCUT2D eigenvalue weighted by Gasteiger charge is -2.01. The van der Waals surface area contributed by atoms with Gasteiger partial charge in [-0.25, -0.2) is 13.8 Å².